The number of hydrogen-bond donors (Lipinski definition) is 2. The van der Waals surface area contributed by atoms with Crippen molar-refractivity contribution in [3.8, 4) is 0 Å². The van der Waals surface area contributed by atoms with Crippen LogP contribution in [0, 0.1) is 11.8 Å². The molecule has 1 fully saturated rings. The number of amides is 1. The van der Waals surface area contributed by atoms with Gasteiger partial charge in [-0.05, 0) is 54.0 Å². The third-order valence-electron chi connectivity index (χ3n) is 5.01. The average Bonchev–Trinajstić information content (AvgIpc) is 3.35. The highest BCUT2D eigenvalue weighted by atomic mass is 35.5. The molecule has 0 aromatic heterocycles. The number of nitrogens with one attached hydrogen (secondary N) is 1. The van der Waals surface area contributed by atoms with Crippen LogP contribution in [0.4, 0.5) is 0 Å². The number of halogens is 1. The van der Waals surface area contributed by atoms with Crippen LogP contribution in [0.3, 0.4) is 0 Å². The van der Waals surface area contributed by atoms with Crippen LogP contribution < -0.4 is 5.32 Å². The molecule has 0 heterocycles. The van der Waals surface area contributed by atoms with E-state index in [1.165, 1.54) is 0 Å². The lowest BCUT2D eigenvalue weighted by atomic mass is 9.99. The molecule has 3 rings (SSSR count). The second kappa shape index (κ2) is 7.92. The lowest BCUT2D eigenvalue weighted by Gasteiger charge is -2.20. The van der Waals surface area contributed by atoms with Crippen molar-refractivity contribution in [1.82, 2.24) is 5.32 Å². The topological polar surface area (TPSA) is 66.4 Å². The highest BCUT2D eigenvalue weighted by Gasteiger charge is 2.40. The van der Waals surface area contributed by atoms with E-state index in [0.29, 0.717) is 28.8 Å². The van der Waals surface area contributed by atoms with Gasteiger partial charge in [-0.1, -0.05) is 48.9 Å². The van der Waals surface area contributed by atoms with Gasteiger partial charge in [-0.15, -0.1) is 0 Å². The minimum absolute atomic E-state index is 0.0236. The summed E-state index contributed by atoms with van der Waals surface area (Å²) in [6, 6.07) is 14.4. The number of carbonyl (C=O) groups is 2. The van der Waals surface area contributed by atoms with Crippen LogP contribution in [0.2, 0.25) is 5.02 Å². The number of aromatic carboxylic acids is 1. The Kier molecular flexibility index (Phi) is 5.62. The van der Waals surface area contributed by atoms with Crippen LogP contribution >= 0.6 is 11.6 Å². The van der Waals surface area contributed by atoms with Gasteiger partial charge in [0.1, 0.15) is 0 Å². The normalized spacial score (nSPS) is 19.6. The Morgan fingerprint density at radius 3 is 2.46 bits per heavy atom. The number of hydrogen-bond acceptors (Lipinski definition) is 2. The SMILES string of the molecule is CC1CC1C(NC(=O)CCc1ccccc1C(=O)O)c1ccc(Cl)cc1. The van der Waals surface area contributed by atoms with Crippen molar-refractivity contribution < 1.29 is 14.7 Å². The molecule has 0 radical (unpaired) electrons. The first-order valence-electron chi connectivity index (χ1n) is 8.81. The van der Waals surface area contributed by atoms with Crippen molar-refractivity contribution in [2.24, 2.45) is 11.8 Å². The summed E-state index contributed by atoms with van der Waals surface area (Å²) in [6.07, 6.45) is 1.76. The molecule has 3 unspecified atom stereocenters. The fourth-order valence-electron chi connectivity index (χ4n) is 3.36. The summed E-state index contributed by atoms with van der Waals surface area (Å²) in [5, 5.41) is 13.1. The molecule has 5 heteroatoms. The van der Waals surface area contributed by atoms with E-state index in [1.807, 2.05) is 24.3 Å². The molecule has 3 atom stereocenters. The summed E-state index contributed by atoms with van der Waals surface area (Å²) in [5.41, 5.74) is 1.99. The van der Waals surface area contributed by atoms with Gasteiger partial charge < -0.3 is 10.4 Å². The van der Waals surface area contributed by atoms with Crippen molar-refractivity contribution >= 4 is 23.5 Å². The summed E-state index contributed by atoms with van der Waals surface area (Å²) < 4.78 is 0. The summed E-state index contributed by atoms with van der Waals surface area (Å²) in [4.78, 5) is 23.8. The van der Waals surface area contributed by atoms with Gasteiger partial charge in [-0.2, -0.15) is 0 Å². The third kappa shape index (κ3) is 4.44. The van der Waals surface area contributed by atoms with E-state index in [4.69, 9.17) is 11.6 Å². The number of carboxylic acids is 1. The molecule has 0 spiro atoms. The van der Waals surface area contributed by atoms with Gasteiger partial charge in [0.15, 0.2) is 0 Å². The van der Waals surface area contributed by atoms with Gasteiger partial charge >= 0.3 is 5.97 Å². The Labute approximate surface area is 158 Å². The van der Waals surface area contributed by atoms with Crippen molar-refractivity contribution in [3.05, 3.63) is 70.2 Å². The van der Waals surface area contributed by atoms with Gasteiger partial charge in [-0.3, -0.25) is 4.79 Å². The number of carbonyl (C=O) groups excluding carboxylic acids is 1. The van der Waals surface area contributed by atoms with E-state index in [1.54, 1.807) is 24.3 Å². The largest absolute Gasteiger partial charge is 0.478 e. The summed E-state index contributed by atoms with van der Waals surface area (Å²) >= 11 is 5.97. The van der Waals surface area contributed by atoms with E-state index in [9.17, 15) is 14.7 Å². The fraction of sp³-hybridized carbons (Fsp3) is 0.333. The molecule has 2 aromatic rings. The number of rotatable bonds is 7. The molecular formula is C21H22ClNO3. The van der Waals surface area contributed by atoms with E-state index in [2.05, 4.69) is 12.2 Å². The smallest absolute Gasteiger partial charge is 0.335 e. The fourth-order valence-corrected chi connectivity index (χ4v) is 3.49. The zero-order valence-electron chi connectivity index (χ0n) is 14.6. The molecule has 26 heavy (non-hydrogen) atoms. The second-order valence-electron chi connectivity index (χ2n) is 6.94. The molecule has 1 amide bonds. The van der Waals surface area contributed by atoms with E-state index in [0.717, 1.165) is 12.0 Å². The molecular weight excluding hydrogens is 350 g/mol. The second-order valence-corrected chi connectivity index (χ2v) is 7.37. The summed E-state index contributed by atoms with van der Waals surface area (Å²) in [7, 11) is 0. The Hall–Kier alpha value is -2.33. The number of benzene rings is 2. The molecule has 0 saturated heterocycles. The monoisotopic (exact) mass is 371 g/mol. The van der Waals surface area contributed by atoms with E-state index >= 15 is 0 Å². The molecule has 1 saturated carbocycles. The molecule has 0 aliphatic heterocycles. The molecule has 2 N–H and O–H groups in total. The Morgan fingerprint density at radius 2 is 1.85 bits per heavy atom. The molecule has 1 aliphatic rings. The lowest BCUT2D eigenvalue weighted by molar-refractivity contribution is -0.122. The maximum Gasteiger partial charge on any atom is 0.335 e. The molecule has 136 valence electrons. The zero-order valence-corrected chi connectivity index (χ0v) is 15.4. The lowest BCUT2D eigenvalue weighted by Crippen LogP contribution is -2.30. The first-order chi connectivity index (χ1) is 12.5. The minimum atomic E-state index is -0.966. The standard InChI is InChI=1S/C21H22ClNO3/c1-13-12-18(13)20(15-6-9-16(22)10-7-15)23-19(24)11-8-14-4-2-3-5-17(14)21(25)26/h2-7,9-10,13,18,20H,8,11-12H2,1H3,(H,23,24)(H,25,26). The zero-order chi connectivity index (χ0) is 18.7. The van der Waals surface area contributed by atoms with Crippen LogP contribution in [0.15, 0.2) is 48.5 Å². The van der Waals surface area contributed by atoms with Gasteiger partial charge in [0.05, 0.1) is 11.6 Å². The van der Waals surface area contributed by atoms with Gasteiger partial charge in [0.2, 0.25) is 5.91 Å². The summed E-state index contributed by atoms with van der Waals surface area (Å²) in [6.45, 7) is 2.18. The minimum Gasteiger partial charge on any atom is -0.478 e. The maximum absolute atomic E-state index is 12.5. The first kappa shape index (κ1) is 18.5. The summed E-state index contributed by atoms with van der Waals surface area (Å²) in [5.74, 6) is -0.00811. The van der Waals surface area contributed by atoms with Crippen LogP contribution in [-0.4, -0.2) is 17.0 Å². The predicted octanol–water partition coefficient (Wildman–Crippen LogP) is 4.48. The molecule has 4 nitrogen and oxygen atoms in total. The van der Waals surface area contributed by atoms with Crippen LogP contribution in [-0.2, 0) is 11.2 Å². The van der Waals surface area contributed by atoms with E-state index < -0.39 is 5.97 Å². The third-order valence-corrected chi connectivity index (χ3v) is 5.27. The van der Waals surface area contributed by atoms with Crippen molar-refractivity contribution in [2.75, 3.05) is 0 Å². The quantitative estimate of drug-likeness (QED) is 0.753. The van der Waals surface area contributed by atoms with Gasteiger partial charge in [-0.25, -0.2) is 4.79 Å². The average molecular weight is 372 g/mol. The predicted molar refractivity (Wildman–Crippen MR) is 101 cm³/mol. The molecule has 1 aliphatic carbocycles. The van der Waals surface area contributed by atoms with E-state index in [-0.39, 0.29) is 23.9 Å². The highest BCUT2D eigenvalue weighted by Crippen LogP contribution is 2.47. The van der Waals surface area contributed by atoms with Gasteiger partial charge in [0.25, 0.3) is 0 Å². The van der Waals surface area contributed by atoms with Crippen molar-refractivity contribution in [1.29, 1.82) is 0 Å². The number of aryl methyl sites for hydroxylation is 1. The highest BCUT2D eigenvalue weighted by molar-refractivity contribution is 6.30. The Morgan fingerprint density at radius 1 is 1.19 bits per heavy atom. The Balaban J connectivity index is 1.65. The van der Waals surface area contributed by atoms with Crippen LogP contribution in [0.5, 0.6) is 0 Å². The van der Waals surface area contributed by atoms with Gasteiger partial charge in [0, 0.05) is 11.4 Å². The molecule has 0 bridgehead atoms. The first-order valence-corrected chi connectivity index (χ1v) is 9.19. The maximum atomic E-state index is 12.5. The molecule has 2 aromatic carbocycles. The Bertz CT molecular complexity index is 803. The number of carboxylic acid groups (broad SMARTS) is 1. The van der Waals surface area contributed by atoms with Crippen molar-refractivity contribution in [3.63, 3.8) is 0 Å². The van der Waals surface area contributed by atoms with Crippen molar-refractivity contribution in [2.45, 2.75) is 32.2 Å². The van der Waals surface area contributed by atoms with Crippen LogP contribution in [0.1, 0.15) is 47.3 Å². The van der Waals surface area contributed by atoms with Crippen LogP contribution in [0.25, 0.3) is 0 Å².